The zero-order valence-corrected chi connectivity index (χ0v) is 15.7. The molecule has 4 nitrogen and oxygen atoms in total. The fourth-order valence-corrected chi connectivity index (χ4v) is 3.12. The second kappa shape index (κ2) is 7.19. The number of halogens is 1. The summed E-state index contributed by atoms with van der Waals surface area (Å²) in [5.41, 5.74) is 5.04. The van der Waals surface area contributed by atoms with Crippen molar-refractivity contribution in [1.29, 1.82) is 0 Å². The van der Waals surface area contributed by atoms with Crippen molar-refractivity contribution in [2.45, 2.75) is 0 Å². The van der Waals surface area contributed by atoms with Gasteiger partial charge in [0.2, 0.25) is 0 Å². The smallest absolute Gasteiger partial charge is 0.255 e. The first-order chi connectivity index (χ1) is 13.5. The van der Waals surface area contributed by atoms with Crippen molar-refractivity contribution in [3.63, 3.8) is 0 Å². The Morgan fingerprint density at radius 3 is 2.50 bits per heavy atom. The third-order valence-corrected chi connectivity index (χ3v) is 4.66. The average Bonchev–Trinajstić information content (AvgIpc) is 3.11. The molecule has 0 aliphatic rings. The number of nitrogens with one attached hydrogen (secondary N) is 2. The Labute approximate surface area is 162 Å². The van der Waals surface area contributed by atoms with E-state index in [0.717, 1.165) is 27.8 Å². The monoisotopic (exact) mass is 373 g/mol. The van der Waals surface area contributed by atoms with Crippen LogP contribution in [-0.2, 0) is 0 Å². The van der Waals surface area contributed by atoms with Gasteiger partial charge in [-0.15, -0.1) is 0 Å². The molecule has 2 N–H and O–H groups in total. The SMILES string of the molecule is CN(C)c1cccc(C(=O)Nc2ccc(-c3cc4cc(F)ccc4[nH]3)cc2)c1. The molecule has 1 heterocycles. The molecule has 0 atom stereocenters. The standard InChI is InChI=1S/C23H20FN3O/c1-27(2)20-5-3-4-16(13-20)23(28)25-19-9-6-15(7-10-19)22-14-17-12-18(24)8-11-21(17)26-22/h3-14,26H,1-2H3,(H,25,28). The minimum atomic E-state index is -0.255. The Kier molecular flexibility index (Phi) is 4.57. The minimum absolute atomic E-state index is 0.155. The lowest BCUT2D eigenvalue weighted by Gasteiger charge is -2.13. The number of hydrogen-bond donors (Lipinski definition) is 2. The molecule has 0 fully saturated rings. The van der Waals surface area contributed by atoms with Crippen LogP contribution >= 0.6 is 0 Å². The Morgan fingerprint density at radius 1 is 0.964 bits per heavy atom. The van der Waals surface area contributed by atoms with E-state index in [9.17, 15) is 9.18 Å². The number of aromatic nitrogens is 1. The molecule has 140 valence electrons. The van der Waals surface area contributed by atoms with Crippen LogP contribution in [0.5, 0.6) is 0 Å². The maximum atomic E-state index is 13.4. The normalized spacial score (nSPS) is 10.8. The fourth-order valence-electron chi connectivity index (χ4n) is 3.12. The molecule has 4 aromatic rings. The Hall–Kier alpha value is -3.60. The molecule has 1 aromatic heterocycles. The first-order valence-electron chi connectivity index (χ1n) is 8.97. The van der Waals surface area contributed by atoms with Gasteiger partial charge in [0.25, 0.3) is 5.91 Å². The topological polar surface area (TPSA) is 48.1 Å². The van der Waals surface area contributed by atoms with Gasteiger partial charge in [-0.25, -0.2) is 4.39 Å². The van der Waals surface area contributed by atoms with Gasteiger partial charge in [0.1, 0.15) is 5.82 Å². The van der Waals surface area contributed by atoms with Crippen LogP contribution < -0.4 is 10.2 Å². The second-order valence-corrected chi connectivity index (χ2v) is 6.89. The van der Waals surface area contributed by atoms with Gasteiger partial charge in [-0.3, -0.25) is 4.79 Å². The Bertz CT molecular complexity index is 1150. The van der Waals surface area contributed by atoms with Crippen molar-refractivity contribution in [3.05, 3.63) is 84.2 Å². The molecule has 0 unspecified atom stereocenters. The molecule has 0 aliphatic carbocycles. The quantitative estimate of drug-likeness (QED) is 0.510. The number of aromatic amines is 1. The van der Waals surface area contributed by atoms with E-state index in [-0.39, 0.29) is 11.7 Å². The highest BCUT2D eigenvalue weighted by Gasteiger charge is 2.09. The maximum absolute atomic E-state index is 13.4. The molecule has 28 heavy (non-hydrogen) atoms. The number of rotatable bonds is 4. The molecule has 3 aromatic carbocycles. The largest absolute Gasteiger partial charge is 0.378 e. The Morgan fingerprint density at radius 2 is 1.75 bits per heavy atom. The summed E-state index contributed by atoms with van der Waals surface area (Å²) in [6.45, 7) is 0. The predicted molar refractivity (Wildman–Crippen MR) is 112 cm³/mol. The molecular weight excluding hydrogens is 353 g/mol. The van der Waals surface area contributed by atoms with Gasteiger partial charge in [-0.2, -0.15) is 0 Å². The van der Waals surface area contributed by atoms with Gasteiger partial charge < -0.3 is 15.2 Å². The number of carbonyl (C=O) groups is 1. The second-order valence-electron chi connectivity index (χ2n) is 6.89. The zero-order chi connectivity index (χ0) is 19.7. The highest BCUT2D eigenvalue weighted by atomic mass is 19.1. The number of carbonyl (C=O) groups excluding carboxylic acids is 1. The van der Waals surface area contributed by atoms with Gasteiger partial charge in [0.15, 0.2) is 0 Å². The van der Waals surface area contributed by atoms with E-state index in [0.29, 0.717) is 11.3 Å². The lowest BCUT2D eigenvalue weighted by atomic mass is 10.1. The van der Waals surface area contributed by atoms with Crippen molar-refractivity contribution >= 4 is 28.2 Å². The number of benzene rings is 3. The van der Waals surface area contributed by atoms with Crippen molar-refractivity contribution in [1.82, 2.24) is 4.98 Å². The van der Waals surface area contributed by atoms with E-state index in [4.69, 9.17) is 0 Å². The summed E-state index contributed by atoms with van der Waals surface area (Å²) in [6, 6.07) is 21.6. The number of nitrogens with zero attached hydrogens (tertiary/aromatic N) is 1. The summed E-state index contributed by atoms with van der Waals surface area (Å²) < 4.78 is 13.4. The predicted octanol–water partition coefficient (Wildman–Crippen LogP) is 5.29. The lowest BCUT2D eigenvalue weighted by Crippen LogP contribution is -2.14. The third kappa shape index (κ3) is 3.60. The van der Waals surface area contributed by atoms with Gasteiger partial charge in [0.05, 0.1) is 0 Å². The summed E-state index contributed by atoms with van der Waals surface area (Å²) in [6.07, 6.45) is 0. The molecule has 0 spiro atoms. The van der Waals surface area contributed by atoms with Crippen molar-refractivity contribution in [2.24, 2.45) is 0 Å². The van der Waals surface area contributed by atoms with Crippen LogP contribution in [0.3, 0.4) is 0 Å². The Balaban J connectivity index is 1.52. The summed E-state index contributed by atoms with van der Waals surface area (Å²) in [4.78, 5) is 17.8. The van der Waals surface area contributed by atoms with Crippen LogP contribution in [0.15, 0.2) is 72.8 Å². The number of anilines is 2. The molecule has 4 rings (SSSR count). The van der Waals surface area contributed by atoms with Crippen LogP contribution in [-0.4, -0.2) is 25.0 Å². The highest BCUT2D eigenvalue weighted by Crippen LogP contribution is 2.26. The molecule has 0 radical (unpaired) electrons. The molecule has 0 aliphatic heterocycles. The summed E-state index contributed by atoms with van der Waals surface area (Å²) in [7, 11) is 3.88. The van der Waals surface area contributed by atoms with Gasteiger partial charge in [-0.05, 0) is 60.2 Å². The van der Waals surface area contributed by atoms with E-state index in [1.165, 1.54) is 12.1 Å². The summed E-state index contributed by atoms with van der Waals surface area (Å²) in [5.74, 6) is -0.410. The van der Waals surface area contributed by atoms with E-state index in [2.05, 4.69) is 10.3 Å². The van der Waals surface area contributed by atoms with Crippen molar-refractivity contribution in [3.8, 4) is 11.3 Å². The van der Waals surface area contributed by atoms with E-state index >= 15 is 0 Å². The molecule has 5 heteroatoms. The van der Waals surface area contributed by atoms with E-state index in [1.807, 2.05) is 67.5 Å². The van der Waals surface area contributed by atoms with E-state index in [1.54, 1.807) is 12.1 Å². The van der Waals surface area contributed by atoms with E-state index < -0.39 is 0 Å². The molecule has 0 saturated heterocycles. The van der Waals surface area contributed by atoms with Crippen molar-refractivity contribution in [2.75, 3.05) is 24.3 Å². The molecule has 0 saturated carbocycles. The molecule has 1 amide bonds. The number of H-pyrrole nitrogens is 1. The number of hydrogen-bond acceptors (Lipinski definition) is 2. The summed E-state index contributed by atoms with van der Waals surface area (Å²) in [5, 5.41) is 3.75. The highest BCUT2D eigenvalue weighted by molar-refractivity contribution is 6.05. The fraction of sp³-hybridized carbons (Fsp3) is 0.0870. The first kappa shape index (κ1) is 17.8. The van der Waals surface area contributed by atoms with Crippen LogP contribution in [0.1, 0.15) is 10.4 Å². The minimum Gasteiger partial charge on any atom is -0.378 e. The number of amides is 1. The van der Waals surface area contributed by atoms with Crippen LogP contribution in [0.2, 0.25) is 0 Å². The summed E-state index contributed by atoms with van der Waals surface area (Å²) >= 11 is 0. The maximum Gasteiger partial charge on any atom is 0.255 e. The molecule has 0 bridgehead atoms. The number of fused-ring (bicyclic) bond motifs is 1. The van der Waals surface area contributed by atoms with Crippen LogP contribution in [0.25, 0.3) is 22.2 Å². The van der Waals surface area contributed by atoms with Crippen LogP contribution in [0.4, 0.5) is 15.8 Å². The molecular formula is C23H20FN3O. The third-order valence-electron chi connectivity index (χ3n) is 4.66. The zero-order valence-electron chi connectivity index (χ0n) is 15.7. The van der Waals surface area contributed by atoms with Gasteiger partial charge >= 0.3 is 0 Å². The van der Waals surface area contributed by atoms with Crippen molar-refractivity contribution < 1.29 is 9.18 Å². The lowest BCUT2D eigenvalue weighted by molar-refractivity contribution is 0.102. The van der Waals surface area contributed by atoms with Gasteiger partial charge in [0, 0.05) is 47.6 Å². The average molecular weight is 373 g/mol. The van der Waals surface area contributed by atoms with Crippen LogP contribution in [0, 0.1) is 5.82 Å². The van der Waals surface area contributed by atoms with Gasteiger partial charge in [-0.1, -0.05) is 18.2 Å². The first-order valence-corrected chi connectivity index (χ1v) is 8.97.